The topological polar surface area (TPSA) is 81.8 Å². The summed E-state index contributed by atoms with van der Waals surface area (Å²) in [5.41, 5.74) is 4.92. The number of carbonyl (C=O) groups excluding carboxylic acids is 1. The molecule has 0 spiro atoms. The Morgan fingerprint density at radius 3 is 2.59 bits per heavy atom. The average Bonchev–Trinajstić information content (AvgIpc) is 3.10. The van der Waals surface area contributed by atoms with Crippen molar-refractivity contribution >= 4 is 32.9 Å². The maximum Gasteiger partial charge on any atom is 0.283 e. The van der Waals surface area contributed by atoms with Crippen LogP contribution in [0.1, 0.15) is 15.9 Å². The van der Waals surface area contributed by atoms with Crippen LogP contribution < -0.4 is 11.0 Å². The van der Waals surface area contributed by atoms with Gasteiger partial charge in [-0.05, 0) is 47.1 Å². The molecular formula is C19H14BrN5O2. The molecule has 8 heteroatoms. The molecule has 0 radical (unpaired) electrons. The number of benzene rings is 2. The van der Waals surface area contributed by atoms with Gasteiger partial charge in [-0.3, -0.25) is 15.0 Å². The summed E-state index contributed by atoms with van der Waals surface area (Å²) in [4.78, 5) is 29.5. The normalized spacial score (nSPS) is 10.9. The van der Waals surface area contributed by atoms with E-state index in [2.05, 4.69) is 31.4 Å². The Balaban J connectivity index is 1.71. The van der Waals surface area contributed by atoms with Gasteiger partial charge in [-0.15, -0.1) is 0 Å². The summed E-state index contributed by atoms with van der Waals surface area (Å²) in [6.07, 6.45) is 2.73. The minimum absolute atomic E-state index is 0.311. The third-order valence-electron chi connectivity index (χ3n) is 4.11. The van der Waals surface area contributed by atoms with Crippen LogP contribution in [0, 0.1) is 6.92 Å². The lowest BCUT2D eigenvalue weighted by Gasteiger charge is -2.09. The van der Waals surface area contributed by atoms with Crippen LogP contribution in [0.2, 0.25) is 0 Å². The van der Waals surface area contributed by atoms with E-state index in [0.717, 1.165) is 15.9 Å². The van der Waals surface area contributed by atoms with Gasteiger partial charge in [0.1, 0.15) is 11.7 Å². The van der Waals surface area contributed by atoms with Gasteiger partial charge in [-0.1, -0.05) is 29.8 Å². The van der Waals surface area contributed by atoms with Crippen molar-refractivity contribution in [2.24, 2.45) is 0 Å². The number of aryl methyl sites for hydroxylation is 1. The SMILES string of the molecule is Cc1ccc(-n2ncc3c(=O)n(NC(=O)c4ccccc4Br)cnc32)cc1. The average molecular weight is 424 g/mol. The first-order valence-corrected chi connectivity index (χ1v) is 8.92. The van der Waals surface area contributed by atoms with E-state index in [1.807, 2.05) is 31.2 Å². The highest BCUT2D eigenvalue weighted by Gasteiger charge is 2.14. The van der Waals surface area contributed by atoms with Crippen LogP contribution in [0.5, 0.6) is 0 Å². The van der Waals surface area contributed by atoms with E-state index in [4.69, 9.17) is 0 Å². The fraction of sp³-hybridized carbons (Fsp3) is 0.0526. The Morgan fingerprint density at radius 2 is 1.85 bits per heavy atom. The van der Waals surface area contributed by atoms with Crippen molar-refractivity contribution in [3.05, 3.63) is 87.0 Å². The zero-order valence-electron chi connectivity index (χ0n) is 14.3. The van der Waals surface area contributed by atoms with Gasteiger partial charge in [0, 0.05) is 4.47 Å². The van der Waals surface area contributed by atoms with Gasteiger partial charge in [-0.2, -0.15) is 5.10 Å². The first-order chi connectivity index (χ1) is 13.0. The summed E-state index contributed by atoms with van der Waals surface area (Å²) < 4.78 is 3.29. The maximum absolute atomic E-state index is 12.7. The molecule has 1 amide bonds. The molecule has 0 saturated heterocycles. The predicted octanol–water partition coefficient (Wildman–Crippen LogP) is 3.04. The molecule has 0 aliphatic carbocycles. The second kappa shape index (κ2) is 6.81. The lowest BCUT2D eigenvalue weighted by Crippen LogP contribution is -2.33. The molecule has 134 valence electrons. The summed E-state index contributed by atoms with van der Waals surface area (Å²) in [5, 5.41) is 4.58. The van der Waals surface area contributed by atoms with E-state index in [1.54, 1.807) is 28.9 Å². The van der Waals surface area contributed by atoms with E-state index < -0.39 is 11.5 Å². The van der Waals surface area contributed by atoms with Gasteiger partial charge in [-0.25, -0.2) is 14.3 Å². The van der Waals surface area contributed by atoms with Gasteiger partial charge in [0.05, 0.1) is 17.4 Å². The fourth-order valence-corrected chi connectivity index (χ4v) is 3.15. The minimum Gasteiger partial charge on any atom is -0.267 e. The molecule has 2 heterocycles. The van der Waals surface area contributed by atoms with Crippen molar-refractivity contribution in [1.29, 1.82) is 0 Å². The Morgan fingerprint density at radius 1 is 1.11 bits per heavy atom. The van der Waals surface area contributed by atoms with Gasteiger partial charge in [0.2, 0.25) is 0 Å². The molecule has 27 heavy (non-hydrogen) atoms. The van der Waals surface area contributed by atoms with Crippen LogP contribution in [0.3, 0.4) is 0 Å². The number of nitrogens with zero attached hydrogens (tertiary/aromatic N) is 4. The standard InChI is InChI=1S/C19H14BrN5O2/c1-12-6-8-13(9-7-12)25-17-15(10-22-25)19(27)24(11-21-17)23-18(26)14-4-2-3-5-16(14)20/h2-11H,1H3,(H,23,26). The Bertz CT molecular complexity index is 1210. The third-order valence-corrected chi connectivity index (χ3v) is 4.80. The maximum atomic E-state index is 12.7. The van der Waals surface area contributed by atoms with E-state index in [1.165, 1.54) is 12.5 Å². The predicted molar refractivity (Wildman–Crippen MR) is 106 cm³/mol. The number of hydrogen-bond acceptors (Lipinski definition) is 4. The Hall–Kier alpha value is -3.26. The van der Waals surface area contributed by atoms with Crippen LogP contribution in [0.15, 0.2) is 70.3 Å². The first kappa shape index (κ1) is 17.2. The highest BCUT2D eigenvalue weighted by molar-refractivity contribution is 9.10. The van der Waals surface area contributed by atoms with Crippen molar-refractivity contribution in [2.45, 2.75) is 6.92 Å². The molecule has 4 rings (SSSR count). The zero-order chi connectivity index (χ0) is 19.0. The molecule has 0 atom stereocenters. The molecule has 0 saturated carbocycles. The van der Waals surface area contributed by atoms with Gasteiger partial charge >= 0.3 is 0 Å². The van der Waals surface area contributed by atoms with Crippen molar-refractivity contribution < 1.29 is 4.79 Å². The van der Waals surface area contributed by atoms with E-state index in [0.29, 0.717) is 21.1 Å². The summed E-state index contributed by atoms with van der Waals surface area (Å²) >= 11 is 3.33. The number of aromatic nitrogens is 4. The summed E-state index contributed by atoms with van der Waals surface area (Å²) in [7, 11) is 0. The highest BCUT2D eigenvalue weighted by Crippen LogP contribution is 2.16. The van der Waals surface area contributed by atoms with Crippen LogP contribution in [-0.4, -0.2) is 25.3 Å². The smallest absolute Gasteiger partial charge is 0.267 e. The van der Waals surface area contributed by atoms with Gasteiger partial charge in [0.15, 0.2) is 5.65 Å². The fourth-order valence-electron chi connectivity index (χ4n) is 2.68. The van der Waals surface area contributed by atoms with E-state index in [9.17, 15) is 9.59 Å². The molecule has 0 bridgehead atoms. The molecule has 0 fully saturated rings. The van der Waals surface area contributed by atoms with Crippen molar-refractivity contribution in [1.82, 2.24) is 19.4 Å². The lowest BCUT2D eigenvalue weighted by atomic mass is 10.2. The van der Waals surface area contributed by atoms with Crippen molar-refractivity contribution in [2.75, 3.05) is 5.43 Å². The van der Waals surface area contributed by atoms with Crippen molar-refractivity contribution in [3.8, 4) is 5.69 Å². The van der Waals surface area contributed by atoms with Crippen LogP contribution in [-0.2, 0) is 0 Å². The van der Waals surface area contributed by atoms with Crippen molar-refractivity contribution in [3.63, 3.8) is 0 Å². The molecule has 2 aromatic carbocycles. The van der Waals surface area contributed by atoms with Gasteiger partial charge in [0.25, 0.3) is 11.5 Å². The number of hydrogen-bond donors (Lipinski definition) is 1. The molecule has 2 aromatic heterocycles. The third kappa shape index (κ3) is 3.15. The lowest BCUT2D eigenvalue weighted by molar-refractivity contribution is 0.101. The van der Waals surface area contributed by atoms with Crippen LogP contribution in [0.4, 0.5) is 0 Å². The van der Waals surface area contributed by atoms with Gasteiger partial charge < -0.3 is 0 Å². The monoisotopic (exact) mass is 423 g/mol. The second-order valence-corrected chi connectivity index (χ2v) is 6.82. The van der Waals surface area contributed by atoms with Crippen LogP contribution >= 0.6 is 15.9 Å². The molecule has 0 aliphatic rings. The summed E-state index contributed by atoms with van der Waals surface area (Å²) in [5.74, 6) is -0.420. The molecule has 7 nitrogen and oxygen atoms in total. The summed E-state index contributed by atoms with van der Waals surface area (Å²) in [6, 6.07) is 14.7. The molecule has 0 aliphatic heterocycles. The summed E-state index contributed by atoms with van der Waals surface area (Å²) in [6.45, 7) is 2.00. The first-order valence-electron chi connectivity index (χ1n) is 8.13. The van der Waals surface area contributed by atoms with E-state index >= 15 is 0 Å². The Labute approximate surface area is 162 Å². The largest absolute Gasteiger partial charge is 0.283 e. The van der Waals surface area contributed by atoms with E-state index in [-0.39, 0.29) is 0 Å². The molecule has 4 aromatic rings. The molecule has 0 unspecified atom stereocenters. The number of fused-ring (bicyclic) bond motifs is 1. The highest BCUT2D eigenvalue weighted by atomic mass is 79.9. The number of nitrogens with one attached hydrogen (secondary N) is 1. The number of halogens is 1. The minimum atomic E-state index is -0.420. The number of amides is 1. The second-order valence-electron chi connectivity index (χ2n) is 5.97. The molecular weight excluding hydrogens is 410 g/mol. The quantitative estimate of drug-likeness (QED) is 0.548. The van der Waals surface area contributed by atoms with Crippen LogP contribution in [0.25, 0.3) is 16.7 Å². The molecule has 1 N–H and O–H groups in total. The number of carbonyl (C=O) groups is 1. The Kier molecular flexibility index (Phi) is 4.33. The zero-order valence-corrected chi connectivity index (χ0v) is 15.8. The number of rotatable bonds is 3.